The molecule has 14 heavy (non-hydrogen) atoms. The summed E-state index contributed by atoms with van der Waals surface area (Å²) in [7, 11) is 0. The Hall–Kier alpha value is -0.530. The van der Waals surface area contributed by atoms with Crippen molar-refractivity contribution >= 4 is 5.91 Å². The maximum Gasteiger partial charge on any atom is 0.219 e. The second-order valence-corrected chi connectivity index (χ2v) is 4.00. The maximum atomic E-state index is 11.2. The van der Waals surface area contributed by atoms with Crippen molar-refractivity contribution in [3.63, 3.8) is 0 Å². The molecule has 0 N–H and O–H groups in total. The van der Waals surface area contributed by atoms with Crippen LogP contribution in [0.3, 0.4) is 0 Å². The van der Waals surface area contributed by atoms with Gasteiger partial charge in [-0.15, -0.1) is 0 Å². The number of hydrogen-bond acceptors (Lipinski definition) is 1. The Bertz CT molecular complexity index is 150. The Labute approximate surface area is 88.7 Å². The van der Waals surface area contributed by atoms with Crippen molar-refractivity contribution in [3.8, 4) is 0 Å². The van der Waals surface area contributed by atoms with Crippen molar-refractivity contribution in [2.45, 2.75) is 53.4 Å². The van der Waals surface area contributed by atoms with Gasteiger partial charge >= 0.3 is 0 Å². The summed E-state index contributed by atoms with van der Waals surface area (Å²) in [4.78, 5) is 13.2. The van der Waals surface area contributed by atoms with Gasteiger partial charge in [0.25, 0.3) is 0 Å². The Balaban J connectivity index is 4.03. The molecule has 2 nitrogen and oxygen atoms in total. The molecule has 0 aliphatic carbocycles. The molecule has 84 valence electrons. The van der Waals surface area contributed by atoms with Gasteiger partial charge in [-0.2, -0.15) is 0 Å². The monoisotopic (exact) mass is 199 g/mol. The first-order valence-corrected chi connectivity index (χ1v) is 5.91. The first-order chi connectivity index (χ1) is 6.65. The molecule has 0 aromatic heterocycles. The number of carbonyl (C=O) groups excluding carboxylic acids is 1. The molecule has 0 heterocycles. The van der Waals surface area contributed by atoms with Crippen LogP contribution in [-0.2, 0) is 4.79 Å². The summed E-state index contributed by atoms with van der Waals surface area (Å²) in [6.07, 6.45) is 4.94. The van der Waals surface area contributed by atoms with Crippen molar-refractivity contribution in [1.29, 1.82) is 0 Å². The van der Waals surface area contributed by atoms with Crippen LogP contribution in [0, 0.1) is 5.92 Å². The molecule has 0 bridgehead atoms. The normalized spacial score (nSPS) is 10.6. The molecule has 0 rings (SSSR count). The van der Waals surface area contributed by atoms with E-state index in [1.807, 2.05) is 4.90 Å². The number of carbonyl (C=O) groups is 1. The van der Waals surface area contributed by atoms with Crippen LogP contribution in [0.2, 0.25) is 0 Å². The molecule has 1 amide bonds. The van der Waals surface area contributed by atoms with E-state index in [-0.39, 0.29) is 5.91 Å². The van der Waals surface area contributed by atoms with Gasteiger partial charge in [0.1, 0.15) is 0 Å². The minimum absolute atomic E-state index is 0.213. The molecule has 0 aromatic carbocycles. The predicted molar refractivity (Wildman–Crippen MR) is 61.2 cm³/mol. The molecule has 2 heteroatoms. The van der Waals surface area contributed by atoms with E-state index in [0.717, 1.165) is 13.1 Å². The van der Waals surface area contributed by atoms with E-state index >= 15 is 0 Å². The van der Waals surface area contributed by atoms with E-state index in [4.69, 9.17) is 0 Å². The zero-order valence-corrected chi connectivity index (χ0v) is 10.2. The molecule has 0 atom stereocenters. The maximum absolute atomic E-state index is 11.2. The third-order valence-electron chi connectivity index (χ3n) is 2.70. The molecule has 0 unspecified atom stereocenters. The Morgan fingerprint density at radius 3 is 1.93 bits per heavy atom. The SMILES string of the molecule is CCCC(CCC)CN(CC)C(C)=O. The molecule has 0 saturated carbocycles. The highest BCUT2D eigenvalue weighted by Gasteiger charge is 2.13. The second-order valence-electron chi connectivity index (χ2n) is 4.00. The van der Waals surface area contributed by atoms with E-state index in [1.165, 1.54) is 25.7 Å². The summed E-state index contributed by atoms with van der Waals surface area (Å²) in [5, 5.41) is 0. The van der Waals surface area contributed by atoms with E-state index in [2.05, 4.69) is 20.8 Å². The van der Waals surface area contributed by atoms with Gasteiger partial charge in [-0.25, -0.2) is 0 Å². The van der Waals surface area contributed by atoms with Gasteiger partial charge < -0.3 is 4.90 Å². The molecular formula is C12H25NO. The minimum atomic E-state index is 0.213. The molecule has 0 aromatic rings. The van der Waals surface area contributed by atoms with Crippen molar-refractivity contribution in [2.75, 3.05) is 13.1 Å². The van der Waals surface area contributed by atoms with Gasteiger partial charge in [0.05, 0.1) is 0 Å². The minimum Gasteiger partial charge on any atom is -0.343 e. The Morgan fingerprint density at radius 1 is 1.14 bits per heavy atom. The van der Waals surface area contributed by atoms with E-state index in [9.17, 15) is 4.79 Å². The molecule has 0 spiro atoms. The van der Waals surface area contributed by atoms with Gasteiger partial charge in [0.2, 0.25) is 5.91 Å². The largest absolute Gasteiger partial charge is 0.343 e. The molecule has 0 fully saturated rings. The van der Waals surface area contributed by atoms with Gasteiger partial charge in [-0.3, -0.25) is 4.79 Å². The van der Waals surface area contributed by atoms with Gasteiger partial charge in [0.15, 0.2) is 0 Å². The topological polar surface area (TPSA) is 20.3 Å². The Morgan fingerprint density at radius 2 is 1.64 bits per heavy atom. The molecule has 0 saturated heterocycles. The predicted octanol–water partition coefficient (Wildman–Crippen LogP) is 3.07. The lowest BCUT2D eigenvalue weighted by atomic mass is 9.97. The lowest BCUT2D eigenvalue weighted by Gasteiger charge is -2.25. The highest BCUT2D eigenvalue weighted by molar-refractivity contribution is 5.73. The van der Waals surface area contributed by atoms with Gasteiger partial charge in [-0.1, -0.05) is 26.7 Å². The number of hydrogen-bond donors (Lipinski definition) is 0. The molecule has 0 radical (unpaired) electrons. The summed E-state index contributed by atoms with van der Waals surface area (Å²) >= 11 is 0. The summed E-state index contributed by atoms with van der Waals surface area (Å²) in [6, 6.07) is 0. The summed E-state index contributed by atoms with van der Waals surface area (Å²) in [5.74, 6) is 0.915. The number of amides is 1. The fourth-order valence-electron chi connectivity index (χ4n) is 1.94. The zero-order valence-electron chi connectivity index (χ0n) is 10.2. The highest BCUT2D eigenvalue weighted by atomic mass is 16.2. The van der Waals surface area contributed by atoms with Crippen LogP contribution in [0.25, 0.3) is 0 Å². The average Bonchev–Trinajstić information content (AvgIpc) is 2.14. The third kappa shape index (κ3) is 5.25. The first-order valence-electron chi connectivity index (χ1n) is 5.91. The van der Waals surface area contributed by atoms with Crippen LogP contribution in [0.1, 0.15) is 53.4 Å². The van der Waals surface area contributed by atoms with Crippen molar-refractivity contribution in [2.24, 2.45) is 5.92 Å². The number of rotatable bonds is 7. The second kappa shape index (κ2) is 7.84. The van der Waals surface area contributed by atoms with Gasteiger partial charge in [-0.05, 0) is 25.7 Å². The third-order valence-corrected chi connectivity index (χ3v) is 2.70. The van der Waals surface area contributed by atoms with Crippen LogP contribution in [0.5, 0.6) is 0 Å². The molecule has 0 aliphatic heterocycles. The van der Waals surface area contributed by atoms with Crippen LogP contribution in [-0.4, -0.2) is 23.9 Å². The highest BCUT2D eigenvalue weighted by Crippen LogP contribution is 2.15. The molecular weight excluding hydrogens is 174 g/mol. The standard InChI is InChI=1S/C12H25NO/c1-5-8-12(9-6-2)10-13(7-3)11(4)14/h12H,5-10H2,1-4H3. The average molecular weight is 199 g/mol. The van der Waals surface area contributed by atoms with Crippen molar-refractivity contribution in [3.05, 3.63) is 0 Å². The summed E-state index contributed by atoms with van der Waals surface area (Å²) in [6.45, 7) is 9.95. The summed E-state index contributed by atoms with van der Waals surface area (Å²) < 4.78 is 0. The lowest BCUT2D eigenvalue weighted by Crippen LogP contribution is -2.33. The van der Waals surface area contributed by atoms with E-state index in [0.29, 0.717) is 5.92 Å². The van der Waals surface area contributed by atoms with Crippen molar-refractivity contribution in [1.82, 2.24) is 4.90 Å². The van der Waals surface area contributed by atoms with E-state index in [1.54, 1.807) is 6.92 Å². The van der Waals surface area contributed by atoms with Crippen molar-refractivity contribution < 1.29 is 4.79 Å². The van der Waals surface area contributed by atoms with Gasteiger partial charge in [0, 0.05) is 20.0 Å². The first kappa shape index (κ1) is 13.5. The Kier molecular flexibility index (Phi) is 7.54. The fraction of sp³-hybridized carbons (Fsp3) is 0.917. The fourth-order valence-corrected chi connectivity index (χ4v) is 1.94. The lowest BCUT2D eigenvalue weighted by molar-refractivity contribution is -0.129. The number of nitrogens with zero attached hydrogens (tertiary/aromatic N) is 1. The van der Waals surface area contributed by atoms with Crippen LogP contribution in [0.4, 0.5) is 0 Å². The van der Waals surface area contributed by atoms with E-state index < -0.39 is 0 Å². The van der Waals surface area contributed by atoms with Crippen LogP contribution >= 0.6 is 0 Å². The molecule has 0 aliphatic rings. The zero-order chi connectivity index (χ0) is 11.0. The quantitative estimate of drug-likeness (QED) is 0.617. The van der Waals surface area contributed by atoms with Crippen LogP contribution in [0.15, 0.2) is 0 Å². The summed E-state index contributed by atoms with van der Waals surface area (Å²) in [5.41, 5.74) is 0. The van der Waals surface area contributed by atoms with Crippen LogP contribution < -0.4 is 0 Å². The smallest absolute Gasteiger partial charge is 0.219 e.